The highest BCUT2D eigenvalue weighted by Crippen LogP contribution is 2.39. The maximum absolute atomic E-state index is 12.3. The average Bonchev–Trinajstić information content (AvgIpc) is 3.45. The molecule has 0 fully saturated rings. The van der Waals surface area contributed by atoms with Crippen LogP contribution in [0.3, 0.4) is 0 Å². The summed E-state index contributed by atoms with van der Waals surface area (Å²) in [4.78, 5) is 21.7. The molecule has 0 spiro atoms. The summed E-state index contributed by atoms with van der Waals surface area (Å²) in [5, 5.41) is 5.90. The number of hydrogen-bond donors (Lipinski definition) is 2. The molecule has 6 nitrogen and oxygen atoms in total. The van der Waals surface area contributed by atoms with E-state index in [0.717, 1.165) is 34.7 Å². The molecule has 5 rings (SSSR count). The van der Waals surface area contributed by atoms with Crippen molar-refractivity contribution in [2.45, 2.75) is 11.5 Å². The summed E-state index contributed by atoms with van der Waals surface area (Å²) >= 11 is 6.46. The van der Waals surface area contributed by atoms with Crippen LogP contribution in [0.2, 0.25) is 0 Å². The van der Waals surface area contributed by atoms with Gasteiger partial charge in [0.2, 0.25) is 0 Å². The second-order valence-corrected chi connectivity index (χ2v) is 10.8. The van der Waals surface area contributed by atoms with Gasteiger partial charge in [0.1, 0.15) is 15.6 Å². The van der Waals surface area contributed by atoms with Crippen molar-refractivity contribution in [3.63, 3.8) is 0 Å². The van der Waals surface area contributed by atoms with Crippen LogP contribution in [-0.2, 0) is 16.3 Å². The second kappa shape index (κ2) is 8.38. The first-order valence-corrected chi connectivity index (χ1v) is 12.6. The molecule has 0 aliphatic carbocycles. The molecule has 0 unspecified atom stereocenters. The van der Waals surface area contributed by atoms with E-state index in [1.54, 1.807) is 46.2 Å². The summed E-state index contributed by atoms with van der Waals surface area (Å²) in [7, 11) is 0. The first-order chi connectivity index (χ1) is 14.7. The third kappa shape index (κ3) is 3.95. The first kappa shape index (κ1) is 19.6. The molecule has 2 aromatic carbocycles. The molecule has 1 aliphatic rings. The number of nitrogens with one attached hydrogen (secondary N) is 1. The van der Waals surface area contributed by atoms with Gasteiger partial charge in [-0.1, -0.05) is 24.3 Å². The lowest BCUT2D eigenvalue weighted by atomic mass is 10.3. The number of para-hydroxylation sites is 2. The predicted octanol–water partition coefficient (Wildman–Crippen LogP) is 4.69. The third-order valence-electron chi connectivity index (χ3n) is 4.30. The van der Waals surface area contributed by atoms with E-state index in [4.69, 9.17) is 5.73 Å². The lowest BCUT2D eigenvalue weighted by molar-refractivity contribution is -0.116. The fraction of sp³-hybridized carbons (Fsp3) is 0.100. The van der Waals surface area contributed by atoms with Crippen LogP contribution in [0, 0.1) is 0 Å². The van der Waals surface area contributed by atoms with Crippen molar-refractivity contribution in [1.82, 2.24) is 15.4 Å². The van der Waals surface area contributed by atoms with E-state index in [0.29, 0.717) is 17.1 Å². The van der Waals surface area contributed by atoms with Crippen molar-refractivity contribution in [1.29, 1.82) is 0 Å². The van der Waals surface area contributed by atoms with E-state index in [1.807, 2.05) is 36.4 Å². The normalized spacial score (nSPS) is 13.8. The van der Waals surface area contributed by atoms with Crippen LogP contribution in [0.1, 0.15) is 10.0 Å². The number of fused-ring (bicyclic) bond motifs is 2. The van der Waals surface area contributed by atoms with Crippen LogP contribution in [0.4, 0.5) is 0 Å². The summed E-state index contributed by atoms with van der Waals surface area (Å²) in [5.74, 6) is 1.27. The molecule has 3 N–H and O–H groups in total. The lowest BCUT2D eigenvalue weighted by Gasteiger charge is -2.08. The van der Waals surface area contributed by atoms with Crippen LogP contribution >= 0.6 is 46.2 Å². The zero-order chi connectivity index (χ0) is 20.5. The zero-order valence-electron chi connectivity index (χ0n) is 15.5. The van der Waals surface area contributed by atoms with E-state index in [9.17, 15) is 4.79 Å². The Kier molecular flexibility index (Phi) is 5.47. The number of carbonyl (C=O) groups excluding carboxylic acids is 1. The van der Waals surface area contributed by atoms with Gasteiger partial charge < -0.3 is 5.73 Å². The van der Waals surface area contributed by atoms with Gasteiger partial charge in [0.25, 0.3) is 5.91 Å². The van der Waals surface area contributed by atoms with Gasteiger partial charge in [-0.2, -0.15) is 5.10 Å². The van der Waals surface area contributed by atoms with Crippen LogP contribution in [0.15, 0.2) is 63.4 Å². The number of benzene rings is 2. The number of hydrogen-bond acceptors (Lipinski definition) is 9. The Bertz CT molecular complexity index is 1180. The van der Waals surface area contributed by atoms with E-state index < -0.39 is 0 Å². The van der Waals surface area contributed by atoms with Gasteiger partial charge in [0, 0.05) is 0 Å². The highest BCUT2D eigenvalue weighted by Gasteiger charge is 2.26. The molecule has 0 bridgehead atoms. The Morgan fingerprint density at radius 1 is 0.900 bits per heavy atom. The second-order valence-electron chi connectivity index (χ2n) is 6.33. The minimum atomic E-state index is -0.268. The van der Waals surface area contributed by atoms with E-state index in [2.05, 4.69) is 32.6 Å². The fourth-order valence-corrected chi connectivity index (χ4v) is 7.30. The highest BCUT2D eigenvalue weighted by molar-refractivity contribution is 8.21. The molecule has 0 saturated heterocycles. The Morgan fingerprint density at radius 2 is 1.43 bits per heavy atom. The molecule has 2 aromatic heterocycles. The van der Waals surface area contributed by atoms with Crippen LogP contribution in [-0.4, -0.2) is 21.7 Å². The van der Waals surface area contributed by atoms with E-state index in [-0.39, 0.29) is 11.7 Å². The average molecular weight is 470 g/mol. The van der Waals surface area contributed by atoms with Gasteiger partial charge in [-0.25, -0.2) is 15.4 Å². The van der Waals surface area contributed by atoms with Crippen molar-refractivity contribution in [2.75, 3.05) is 0 Å². The summed E-state index contributed by atoms with van der Waals surface area (Å²) in [6, 6.07) is 16.2. The smallest absolute Gasteiger partial charge is 0.276 e. The topological polar surface area (TPSA) is 93.3 Å². The van der Waals surface area contributed by atoms with Crippen molar-refractivity contribution >= 4 is 78.4 Å². The van der Waals surface area contributed by atoms with Gasteiger partial charge in [0.05, 0.1) is 36.2 Å². The number of hydrazone groups is 1. The Balaban J connectivity index is 1.38. The predicted molar refractivity (Wildman–Crippen MR) is 129 cm³/mol. The van der Waals surface area contributed by atoms with Gasteiger partial charge in [0.15, 0.2) is 5.84 Å². The van der Waals surface area contributed by atoms with Crippen molar-refractivity contribution < 1.29 is 4.79 Å². The first-order valence-electron chi connectivity index (χ1n) is 9.00. The maximum atomic E-state index is 12.3. The Morgan fingerprint density at radius 3 is 1.90 bits per heavy atom. The summed E-state index contributed by atoms with van der Waals surface area (Å²) in [6.07, 6.45) is 0. The van der Waals surface area contributed by atoms with Gasteiger partial charge in [-0.3, -0.25) is 4.79 Å². The molecule has 150 valence electrons. The quantitative estimate of drug-likeness (QED) is 0.398. The zero-order valence-corrected chi connectivity index (χ0v) is 18.8. The fourth-order valence-electron chi connectivity index (χ4n) is 2.94. The Hall–Kier alpha value is -2.40. The number of thioether (sulfide) groups is 2. The summed E-state index contributed by atoms with van der Waals surface area (Å²) in [5.41, 5.74) is 10.9. The van der Waals surface area contributed by atoms with Crippen molar-refractivity contribution in [3.8, 4) is 0 Å². The number of carbonyl (C=O) groups is 1. The van der Waals surface area contributed by atoms with Crippen LogP contribution in [0.5, 0.6) is 0 Å². The molecule has 4 aromatic rings. The molecule has 0 saturated carbocycles. The molecule has 10 heteroatoms. The van der Waals surface area contributed by atoms with Gasteiger partial charge >= 0.3 is 0 Å². The number of amides is 1. The van der Waals surface area contributed by atoms with Crippen LogP contribution < -0.4 is 11.2 Å². The monoisotopic (exact) mass is 469 g/mol. The molecule has 1 amide bonds. The molecular formula is C20H15N5OS4. The van der Waals surface area contributed by atoms with Crippen molar-refractivity contribution in [3.05, 3.63) is 68.4 Å². The maximum Gasteiger partial charge on any atom is 0.276 e. The number of aromatic nitrogens is 2. The SMILES string of the molecule is NC1=NNC(=O)C1=C(SCc1nc2ccccc2s1)SCc1nc2ccccc2s1. The Labute approximate surface area is 188 Å². The molecule has 30 heavy (non-hydrogen) atoms. The van der Waals surface area contributed by atoms with Gasteiger partial charge in [-0.15, -0.1) is 46.2 Å². The van der Waals surface area contributed by atoms with E-state index in [1.165, 1.54) is 0 Å². The standard InChI is InChI=1S/C20H15N5OS4/c21-18-17(19(26)25-24-18)20(27-9-15-22-11-5-1-3-7-13(11)29-15)28-10-16-23-12-6-2-4-8-14(12)30-16/h1-8H,9-10H2,(H2,21,24)(H,25,26). The number of thiazole rings is 2. The molecule has 0 atom stereocenters. The number of nitrogens with two attached hydrogens (primary N) is 1. The number of nitrogens with zero attached hydrogens (tertiary/aromatic N) is 3. The molecule has 0 radical (unpaired) electrons. The minimum absolute atomic E-state index is 0.226. The van der Waals surface area contributed by atoms with E-state index >= 15 is 0 Å². The number of rotatable bonds is 6. The molecule has 1 aliphatic heterocycles. The summed E-state index contributed by atoms with van der Waals surface area (Å²) < 4.78 is 3.15. The number of amidine groups is 1. The largest absolute Gasteiger partial charge is 0.382 e. The lowest BCUT2D eigenvalue weighted by Crippen LogP contribution is -2.18. The van der Waals surface area contributed by atoms with Crippen molar-refractivity contribution in [2.24, 2.45) is 10.8 Å². The van der Waals surface area contributed by atoms with Crippen LogP contribution in [0.25, 0.3) is 20.4 Å². The van der Waals surface area contributed by atoms with Gasteiger partial charge in [-0.05, 0) is 24.3 Å². The minimum Gasteiger partial charge on any atom is -0.382 e. The third-order valence-corrected chi connectivity index (χ3v) is 9.21. The summed E-state index contributed by atoms with van der Waals surface area (Å²) in [6.45, 7) is 0. The molecule has 3 heterocycles. The molecular weight excluding hydrogens is 455 g/mol. The highest BCUT2D eigenvalue weighted by atomic mass is 32.2.